The molecule has 1 nitrogen and oxygen atoms in total. The van der Waals surface area contributed by atoms with E-state index in [1.807, 2.05) is 0 Å². The number of rotatable bonds is 3. The lowest BCUT2D eigenvalue weighted by molar-refractivity contribution is 0.593. The first-order valence-electron chi connectivity index (χ1n) is 21.8. The van der Waals surface area contributed by atoms with E-state index in [1.165, 1.54) is 126 Å². The van der Waals surface area contributed by atoms with Crippen LogP contribution in [0.15, 0.2) is 164 Å². The third kappa shape index (κ3) is 5.74. The summed E-state index contributed by atoms with van der Waals surface area (Å²) >= 11 is 0. The van der Waals surface area contributed by atoms with Crippen molar-refractivity contribution in [3.63, 3.8) is 0 Å². The summed E-state index contributed by atoms with van der Waals surface area (Å²) in [7, 11) is 0. The van der Waals surface area contributed by atoms with Crippen molar-refractivity contribution in [3.8, 4) is 27.9 Å². The highest BCUT2D eigenvalue weighted by Crippen LogP contribution is 2.48. The summed E-state index contributed by atoms with van der Waals surface area (Å²) < 4.78 is 2.54. The average Bonchev–Trinajstić information content (AvgIpc) is 3.49. The predicted octanol–water partition coefficient (Wildman–Crippen LogP) is 17.1. The number of hydrogen-bond acceptors (Lipinski definition) is 0. The van der Waals surface area contributed by atoms with E-state index in [-0.39, 0.29) is 10.8 Å². The molecule has 0 aliphatic rings. The summed E-state index contributed by atoms with van der Waals surface area (Å²) in [4.78, 5) is 0. The largest absolute Gasteiger partial charge is 0.314 e. The lowest BCUT2D eigenvalue weighted by atomic mass is 9.74. The Kier molecular flexibility index (Phi) is 8.20. The zero-order valence-electron chi connectivity index (χ0n) is 36.5. The molecular formula is C60H51N. The zero-order chi connectivity index (χ0) is 41.9. The standard InChI is InChI=1S/C60H51N/c1-36-37(2)61(44-29-30-49-53(33-44)58(60(6,7)8)48-24-16-15-23-47(48)57(49)59(3,4)5)54-35-52-51(34-50(36)54)55(42-27-25-38-17-9-11-19-40(38)31-42)45-21-13-14-22-46(45)56(52)43-28-26-39-18-10-12-20-41(39)32-43/h9-35H,1-8H3. The van der Waals surface area contributed by atoms with Crippen LogP contribution in [0, 0.1) is 13.8 Å². The van der Waals surface area contributed by atoms with Crippen molar-refractivity contribution in [1.82, 2.24) is 4.57 Å². The molecule has 0 aliphatic heterocycles. The molecule has 0 saturated heterocycles. The lowest BCUT2D eigenvalue weighted by Crippen LogP contribution is -2.17. The Bertz CT molecular complexity index is 3620. The number of nitrogens with zero attached hydrogens (tertiary/aromatic N) is 1. The fraction of sp³-hybridized carbons (Fsp3) is 0.167. The molecule has 61 heavy (non-hydrogen) atoms. The van der Waals surface area contributed by atoms with Gasteiger partial charge < -0.3 is 4.57 Å². The average molecular weight is 786 g/mol. The van der Waals surface area contributed by atoms with Crippen molar-refractivity contribution in [2.75, 3.05) is 0 Å². The fourth-order valence-corrected chi connectivity index (χ4v) is 10.8. The molecule has 0 radical (unpaired) electrons. The number of fused-ring (bicyclic) bond motifs is 7. The zero-order valence-corrected chi connectivity index (χ0v) is 36.5. The van der Waals surface area contributed by atoms with Crippen LogP contribution in [0.1, 0.15) is 63.9 Å². The van der Waals surface area contributed by atoms with E-state index < -0.39 is 0 Å². The minimum Gasteiger partial charge on any atom is -0.314 e. The molecule has 1 heterocycles. The monoisotopic (exact) mass is 785 g/mol. The Balaban J connectivity index is 1.28. The molecule has 10 aromatic carbocycles. The summed E-state index contributed by atoms with van der Waals surface area (Å²) in [5, 5.41) is 16.8. The summed E-state index contributed by atoms with van der Waals surface area (Å²) in [5.41, 5.74) is 12.8. The van der Waals surface area contributed by atoms with Gasteiger partial charge in [-0.2, -0.15) is 0 Å². The SMILES string of the molecule is Cc1c(C)n(-c2ccc3c(C(C)(C)C)c4ccccc4c(C(C)(C)C)c3c2)c2cc3c(-c4ccc5ccccc5c4)c4ccccc4c(-c4ccc5ccccc5c4)c3cc12. The van der Waals surface area contributed by atoms with E-state index in [0.29, 0.717) is 0 Å². The number of aromatic nitrogens is 1. The number of benzene rings is 10. The second-order valence-corrected chi connectivity index (χ2v) is 19.4. The Hall–Kier alpha value is -6.70. The first-order valence-corrected chi connectivity index (χ1v) is 21.8. The smallest absolute Gasteiger partial charge is 0.0540 e. The van der Waals surface area contributed by atoms with Gasteiger partial charge in [-0.05, 0) is 165 Å². The lowest BCUT2D eigenvalue weighted by Gasteiger charge is -2.30. The van der Waals surface area contributed by atoms with Gasteiger partial charge in [-0.25, -0.2) is 0 Å². The molecular weight excluding hydrogens is 735 g/mol. The van der Waals surface area contributed by atoms with Crippen LogP contribution in [0.25, 0.3) is 103 Å². The maximum Gasteiger partial charge on any atom is 0.0540 e. The molecule has 0 amide bonds. The van der Waals surface area contributed by atoms with E-state index in [4.69, 9.17) is 0 Å². The first-order chi connectivity index (χ1) is 29.4. The van der Waals surface area contributed by atoms with Gasteiger partial charge in [0.25, 0.3) is 0 Å². The van der Waals surface area contributed by atoms with E-state index in [2.05, 4.69) is 224 Å². The summed E-state index contributed by atoms with van der Waals surface area (Å²) in [6.45, 7) is 18.8. The molecule has 11 rings (SSSR count). The van der Waals surface area contributed by atoms with Crippen molar-refractivity contribution >= 4 is 75.5 Å². The van der Waals surface area contributed by atoms with E-state index in [1.54, 1.807) is 0 Å². The predicted molar refractivity (Wildman–Crippen MR) is 266 cm³/mol. The Labute approximate surface area is 358 Å². The van der Waals surface area contributed by atoms with Gasteiger partial charge in [0, 0.05) is 16.8 Å². The Morgan fingerprint density at radius 2 is 0.787 bits per heavy atom. The van der Waals surface area contributed by atoms with Crippen molar-refractivity contribution in [2.45, 2.75) is 66.2 Å². The molecule has 11 aromatic rings. The van der Waals surface area contributed by atoms with Crippen LogP contribution in [0.5, 0.6) is 0 Å². The van der Waals surface area contributed by atoms with Crippen LogP contribution < -0.4 is 0 Å². The quantitative estimate of drug-likeness (QED) is 0.157. The minimum atomic E-state index is -0.0677. The summed E-state index contributed by atoms with van der Waals surface area (Å²) in [5.74, 6) is 0. The molecule has 1 heteroatoms. The molecule has 0 spiro atoms. The molecule has 1 aromatic heterocycles. The van der Waals surface area contributed by atoms with Gasteiger partial charge in [0.15, 0.2) is 0 Å². The molecule has 0 bridgehead atoms. The van der Waals surface area contributed by atoms with Crippen molar-refractivity contribution < 1.29 is 0 Å². The van der Waals surface area contributed by atoms with Gasteiger partial charge in [-0.3, -0.25) is 0 Å². The molecule has 0 unspecified atom stereocenters. The molecule has 0 saturated carbocycles. The van der Waals surface area contributed by atoms with E-state index in [0.717, 1.165) is 0 Å². The highest BCUT2D eigenvalue weighted by atomic mass is 15.0. The summed E-state index contributed by atoms with van der Waals surface area (Å²) in [6.07, 6.45) is 0. The van der Waals surface area contributed by atoms with Crippen LogP contribution in [0.4, 0.5) is 0 Å². The number of hydrogen-bond donors (Lipinski definition) is 0. The highest BCUT2D eigenvalue weighted by molar-refractivity contribution is 6.24. The van der Waals surface area contributed by atoms with E-state index >= 15 is 0 Å². The topological polar surface area (TPSA) is 4.93 Å². The van der Waals surface area contributed by atoms with Gasteiger partial charge in [-0.1, -0.05) is 169 Å². The van der Waals surface area contributed by atoms with E-state index in [9.17, 15) is 0 Å². The maximum atomic E-state index is 2.54. The summed E-state index contributed by atoms with van der Waals surface area (Å²) in [6, 6.07) is 61.9. The third-order valence-electron chi connectivity index (χ3n) is 13.5. The van der Waals surface area contributed by atoms with Crippen LogP contribution in [0.3, 0.4) is 0 Å². The van der Waals surface area contributed by atoms with Crippen LogP contribution >= 0.6 is 0 Å². The van der Waals surface area contributed by atoms with Crippen molar-refractivity contribution in [1.29, 1.82) is 0 Å². The molecule has 0 atom stereocenters. The highest BCUT2D eigenvalue weighted by Gasteiger charge is 2.28. The van der Waals surface area contributed by atoms with Gasteiger partial charge in [0.1, 0.15) is 0 Å². The van der Waals surface area contributed by atoms with Gasteiger partial charge in [0.2, 0.25) is 0 Å². The van der Waals surface area contributed by atoms with Gasteiger partial charge in [0.05, 0.1) is 5.52 Å². The number of aryl methyl sites for hydroxylation is 1. The first kappa shape index (κ1) is 37.3. The fourth-order valence-electron chi connectivity index (χ4n) is 10.8. The third-order valence-corrected chi connectivity index (χ3v) is 13.5. The molecule has 0 aliphatic carbocycles. The normalized spacial score (nSPS) is 12.6. The molecule has 0 N–H and O–H groups in total. The van der Waals surface area contributed by atoms with Crippen molar-refractivity contribution in [3.05, 3.63) is 186 Å². The molecule has 296 valence electrons. The van der Waals surface area contributed by atoms with Crippen molar-refractivity contribution in [2.24, 2.45) is 0 Å². The second-order valence-electron chi connectivity index (χ2n) is 19.4. The van der Waals surface area contributed by atoms with Crippen LogP contribution in [-0.4, -0.2) is 4.57 Å². The molecule has 0 fully saturated rings. The van der Waals surface area contributed by atoms with Crippen LogP contribution in [-0.2, 0) is 10.8 Å². The minimum absolute atomic E-state index is 0.0357. The second kappa shape index (κ2) is 13.4. The Morgan fingerprint density at radius 1 is 0.344 bits per heavy atom. The van der Waals surface area contributed by atoms with Crippen LogP contribution in [0.2, 0.25) is 0 Å². The van der Waals surface area contributed by atoms with Gasteiger partial charge >= 0.3 is 0 Å². The van der Waals surface area contributed by atoms with Gasteiger partial charge in [-0.15, -0.1) is 0 Å². The maximum absolute atomic E-state index is 2.54. The Morgan fingerprint density at radius 3 is 1.31 bits per heavy atom.